The Balaban J connectivity index is 1.42. The highest BCUT2D eigenvalue weighted by Crippen LogP contribution is 2.54. The largest absolute Gasteiger partial charge is 0.490 e. The minimum absolute atomic E-state index is 0.0421. The third-order valence-corrected chi connectivity index (χ3v) is 12.1. The van der Waals surface area contributed by atoms with Crippen LogP contribution in [0.2, 0.25) is 0 Å². The van der Waals surface area contributed by atoms with E-state index in [1.165, 1.54) is 23.2 Å². The van der Waals surface area contributed by atoms with Gasteiger partial charge in [-0.15, -0.1) is 11.3 Å². The monoisotopic (exact) mass is 852 g/mol. The highest BCUT2D eigenvalue weighted by atomic mass is 32.1. The second kappa shape index (κ2) is 14.6. The molecule has 21 heteroatoms. The Morgan fingerprint density at radius 1 is 1.07 bits per heavy atom. The van der Waals surface area contributed by atoms with Crippen LogP contribution in [0.3, 0.4) is 0 Å². The summed E-state index contributed by atoms with van der Waals surface area (Å²) in [7, 11) is 0. The Morgan fingerprint density at radius 3 is 2.54 bits per heavy atom. The van der Waals surface area contributed by atoms with Gasteiger partial charge in [-0.25, -0.2) is 13.8 Å². The molecule has 2 saturated heterocycles. The Morgan fingerprint density at radius 2 is 1.85 bits per heavy atom. The summed E-state index contributed by atoms with van der Waals surface area (Å²) in [6, 6.07) is 4.18. The van der Waals surface area contributed by atoms with Gasteiger partial charge in [0.1, 0.15) is 58.6 Å². The third-order valence-electron chi connectivity index (χ3n) is 11.0. The van der Waals surface area contributed by atoms with Crippen LogP contribution < -0.4 is 25.8 Å². The number of hydrogen-bond acceptors (Lipinski definition) is 11. The summed E-state index contributed by atoms with van der Waals surface area (Å²) in [4.78, 5) is 15.7. The molecule has 3 aromatic heterocycles. The van der Waals surface area contributed by atoms with Crippen molar-refractivity contribution in [1.29, 1.82) is 5.26 Å². The smallest absolute Gasteiger partial charge is 0.420 e. The number of nitrogen functional groups attached to an aromatic ring is 2. The minimum atomic E-state index is -5.43. The molecule has 310 valence electrons. The maximum absolute atomic E-state index is 17.6. The molecule has 0 aliphatic carbocycles. The lowest BCUT2D eigenvalue weighted by molar-refractivity contribution is -0.138. The molecule has 0 spiro atoms. The van der Waals surface area contributed by atoms with Crippen LogP contribution in [0.15, 0.2) is 42.1 Å². The molecule has 5 aromatic rings. The van der Waals surface area contributed by atoms with Crippen molar-refractivity contribution >= 4 is 49.0 Å². The van der Waals surface area contributed by atoms with Gasteiger partial charge in [0.05, 0.1) is 33.8 Å². The Kier molecular flexibility index (Phi) is 9.93. The van der Waals surface area contributed by atoms with E-state index in [0.717, 1.165) is 12.1 Å². The Hall–Kier alpha value is -5.62. The van der Waals surface area contributed by atoms with E-state index in [1.807, 2.05) is 0 Å². The molecule has 4 N–H and O–H groups in total. The fraction of sp³-hybridized carbons (Fsp3) is 0.368. The van der Waals surface area contributed by atoms with E-state index < -0.39 is 124 Å². The summed E-state index contributed by atoms with van der Waals surface area (Å²) in [6.45, 7) is -0.951. The number of rotatable bonds is 8. The van der Waals surface area contributed by atoms with Crippen LogP contribution in [-0.4, -0.2) is 64.4 Å². The van der Waals surface area contributed by atoms with Crippen LogP contribution in [0.5, 0.6) is 11.8 Å². The van der Waals surface area contributed by atoms with E-state index in [1.54, 1.807) is 11.0 Å². The van der Waals surface area contributed by atoms with E-state index in [4.69, 9.17) is 20.9 Å². The van der Waals surface area contributed by atoms with Gasteiger partial charge >= 0.3 is 18.4 Å². The molecule has 6 heterocycles. The fourth-order valence-electron chi connectivity index (χ4n) is 8.52. The number of nitrogens with zero attached hydrogens (tertiary/aromatic N) is 6. The maximum Gasteiger partial charge on any atom is 0.420 e. The van der Waals surface area contributed by atoms with Crippen molar-refractivity contribution in [2.75, 3.05) is 49.2 Å². The van der Waals surface area contributed by atoms with Crippen molar-refractivity contribution in [3.05, 3.63) is 70.4 Å². The molecule has 3 aliphatic rings. The van der Waals surface area contributed by atoms with Crippen LogP contribution in [0.1, 0.15) is 54.8 Å². The lowest BCUT2D eigenvalue weighted by Gasteiger charge is -2.34. The van der Waals surface area contributed by atoms with Crippen LogP contribution in [0, 0.1) is 23.0 Å². The zero-order valence-electron chi connectivity index (χ0n) is 30.4. The minimum Gasteiger partial charge on any atom is -0.490 e. The Bertz CT molecular complexity index is 2590. The van der Waals surface area contributed by atoms with Crippen molar-refractivity contribution in [3.8, 4) is 29.0 Å². The number of thiophene rings is 1. The summed E-state index contributed by atoms with van der Waals surface area (Å²) < 4.78 is 160. The first kappa shape index (κ1) is 40.2. The van der Waals surface area contributed by atoms with Gasteiger partial charge in [0, 0.05) is 41.2 Å². The normalized spacial score (nSPS) is 18.9. The molecule has 0 saturated carbocycles. The molecule has 3 aliphatic heterocycles. The number of hydrogen-bond donors (Lipinski definition) is 2. The van der Waals surface area contributed by atoms with Crippen molar-refractivity contribution in [1.82, 2.24) is 19.9 Å². The molecule has 0 unspecified atom stereocenters. The van der Waals surface area contributed by atoms with Gasteiger partial charge in [-0.3, -0.25) is 4.90 Å². The van der Waals surface area contributed by atoms with Gasteiger partial charge < -0.3 is 25.8 Å². The standard InChI is InChI=1S/C38H30F10N8O2S/c39-21-5-4-19(23-20(14-49)33(51)59-30(21)23)24-26(38(46,47)48)29-25-28(27(24)40)53-35(58-16-36-7-2-10-55(36)15-17(13-36)31(41)42)54-34(25)56(11-12-57-29)22(6-8-37(43,44)45)18-3-1-9-52-32(18)50/h1,3-5,9,22H,2,6-8,10-13,15-16,51H2,(H2,50,52)/t22-,36+/m1/s1. The van der Waals surface area contributed by atoms with Crippen molar-refractivity contribution in [3.63, 3.8) is 0 Å². The van der Waals surface area contributed by atoms with Crippen LogP contribution in [0.4, 0.5) is 60.5 Å². The van der Waals surface area contributed by atoms with Gasteiger partial charge in [0.2, 0.25) is 0 Å². The van der Waals surface area contributed by atoms with Gasteiger partial charge in [-0.05, 0) is 49.9 Å². The molecule has 10 nitrogen and oxygen atoms in total. The predicted molar refractivity (Wildman–Crippen MR) is 197 cm³/mol. The fourth-order valence-corrected chi connectivity index (χ4v) is 9.47. The number of halogens is 10. The summed E-state index contributed by atoms with van der Waals surface area (Å²) >= 11 is 0.571. The van der Waals surface area contributed by atoms with E-state index in [-0.39, 0.29) is 46.2 Å². The topological polar surface area (TPSA) is 139 Å². The van der Waals surface area contributed by atoms with E-state index in [9.17, 15) is 27.2 Å². The molecular weight excluding hydrogens is 823 g/mol. The molecule has 0 amide bonds. The zero-order chi connectivity index (χ0) is 42.2. The van der Waals surface area contributed by atoms with Gasteiger partial charge in [-0.1, -0.05) is 12.1 Å². The lowest BCUT2D eigenvalue weighted by Crippen LogP contribution is -2.43. The van der Waals surface area contributed by atoms with Gasteiger partial charge in [0.15, 0.2) is 5.82 Å². The quantitative estimate of drug-likeness (QED) is 0.145. The lowest BCUT2D eigenvalue weighted by atomic mass is 9.91. The third kappa shape index (κ3) is 6.94. The zero-order valence-corrected chi connectivity index (χ0v) is 31.2. The number of aromatic nitrogens is 3. The molecule has 2 fully saturated rings. The molecule has 8 rings (SSSR count). The number of ether oxygens (including phenoxy) is 2. The van der Waals surface area contributed by atoms with Crippen molar-refractivity contribution in [2.45, 2.75) is 56.0 Å². The maximum atomic E-state index is 17.6. The number of pyridine rings is 1. The number of anilines is 3. The first-order valence-corrected chi connectivity index (χ1v) is 18.9. The van der Waals surface area contributed by atoms with Gasteiger partial charge in [0.25, 0.3) is 6.08 Å². The molecule has 2 aromatic carbocycles. The van der Waals surface area contributed by atoms with E-state index >= 15 is 22.0 Å². The molecular formula is C38H30F10N8O2S. The van der Waals surface area contributed by atoms with Gasteiger partial charge in [-0.2, -0.15) is 50.4 Å². The summed E-state index contributed by atoms with van der Waals surface area (Å²) in [5, 5.41) is 8.61. The highest BCUT2D eigenvalue weighted by molar-refractivity contribution is 7.23. The number of nitriles is 1. The first-order valence-electron chi connectivity index (χ1n) is 18.0. The van der Waals surface area contributed by atoms with Crippen molar-refractivity contribution in [2.24, 2.45) is 0 Å². The number of nitrogens with two attached hydrogens (primary N) is 2. The Labute approximate surface area is 331 Å². The number of alkyl halides is 6. The predicted octanol–water partition coefficient (Wildman–Crippen LogP) is 9.29. The van der Waals surface area contributed by atoms with Crippen LogP contribution in [0.25, 0.3) is 32.1 Å². The summed E-state index contributed by atoms with van der Waals surface area (Å²) in [5.41, 5.74) is 6.42. The van der Waals surface area contributed by atoms with E-state index in [0.29, 0.717) is 30.7 Å². The summed E-state index contributed by atoms with van der Waals surface area (Å²) in [6.07, 6.45) is -11.8. The molecule has 0 bridgehead atoms. The van der Waals surface area contributed by atoms with Crippen LogP contribution >= 0.6 is 11.3 Å². The first-order chi connectivity index (χ1) is 27.9. The molecule has 2 atom stereocenters. The van der Waals surface area contributed by atoms with Crippen LogP contribution in [-0.2, 0) is 6.18 Å². The number of fused-ring (bicyclic) bond motifs is 2. The molecule has 59 heavy (non-hydrogen) atoms. The van der Waals surface area contributed by atoms with E-state index in [2.05, 4.69) is 15.0 Å². The summed E-state index contributed by atoms with van der Waals surface area (Å²) in [5.74, 6) is -4.28. The highest BCUT2D eigenvalue weighted by Gasteiger charge is 2.49. The second-order valence-corrected chi connectivity index (χ2v) is 15.5. The molecule has 0 radical (unpaired) electrons. The average Bonchev–Trinajstić information content (AvgIpc) is 3.80. The number of benzene rings is 2. The SMILES string of the molecule is N#Cc1c(N)sc2c(F)ccc(-c3c(C(F)(F)F)c4c5c(nc(OC[C@@]67CCCN6CC(=C(F)F)C7)nc5c3F)N([C@H](CCC(F)(F)F)c3cccnc3N)CCO4)c12. The van der Waals surface area contributed by atoms with Crippen molar-refractivity contribution < 1.29 is 53.4 Å². The average molecular weight is 853 g/mol. The second-order valence-electron chi connectivity index (χ2n) is 14.5.